The Morgan fingerprint density at radius 1 is 0.909 bits per heavy atom. The van der Waals surface area contributed by atoms with Crippen LogP contribution < -0.4 is 9.96 Å². The first kappa shape index (κ1) is 21.4. The Morgan fingerprint density at radius 2 is 1.58 bits per heavy atom. The molecule has 0 saturated carbocycles. The molecule has 166 valence electrons. The van der Waals surface area contributed by atoms with Gasteiger partial charge in [0, 0.05) is 4.47 Å². The molecule has 3 aromatic carbocycles. The molecule has 0 N–H and O–H groups in total. The van der Waals surface area contributed by atoms with Crippen LogP contribution in [-0.4, -0.2) is 31.0 Å². The van der Waals surface area contributed by atoms with Crippen LogP contribution in [0.5, 0.6) is 0 Å². The Bertz CT molecular complexity index is 1230. The average Bonchev–Trinajstić information content (AvgIpc) is 3.35. The summed E-state index contributed by atoms with van der Waals surface area (Å²) in [4.78, 5) is 46.7. The van der Waals surface area contributed by atoms with Gasteiger partial charge in [0.2, 0.25) is 5.91 Å². The third-order valence-electron chi connectivity index (χ3n) is 5.89. The number of hydrogen-bond acceptors (Lipinski definition) is 6. The van der Waals surface area contributed by atoms with Crippen molar-refractivity contribution in [2.75, 3.05) is 17.1 Å². The summed E-state index contributed by atoms with van der Waals surface area (Å²) in [6.07, 6.45) is -1.02. The van der Waals surface area contributed by atoms with Crippen molar-refractivity contribution >= 4 is 45.1 Å². The fraction of sp³-hybridized carbons (Fsp3) is 0.160. The van der Waals surface area contributed by atoms with E-state index in [1.54, 1.807) is 23.3 Å². The molecular weight excluding hydrogens is 488 g/mol. The topological polar surface area (TPSA) is 76.2 Å². The number of ether oxygens (including phenoxy) is 1. The third kappa shape index (κ3) is 3.51. The van der Waals surface area contributed by atoms with E-state index in [-0.39, 0.29) is 11.3 Å². The van der Waals surface area contributed by atoms with E-state index in [0.29, 0.717) is 0 Å². The molecule has 2 fully saturated rings. The number of imide groups is 1. The molecule has 0 aliphatic carbocycles. The van der Waals surface area contributed by atoms with E-state index in [0.717, 1.165) is 20.6 Å². The van der Waals surface area contributed by atoms with Crippen LogP contribution in [0, 0.1) is 5.92 Å². The van der Waals surface area contributed by atoms with Crippen LogP contribution in [0.4, 0.5) is 11.4 Å². The minimum absolute atomic E-state index is 0.141. The molecular formula is C25H19BrN2O5. The minimum atomic E-state index is -1.02. The molecule has 7 nitrogen and oxygen atoms in total. The first-order valence-electron chi connectivity index (χ1n) is 10.3. The van der Waals surface area contributed by atoms with Gasteiger partial charge < -0.3 is 4.74 Å². The fourth-order valence-electron chi connectivity index (χ4n) is 4.40. The Labute approximate surface area is 198 Å². The fourth-order valence-corrected chi connectivity index (χ4v) is 4.67. The van der Waals surface area contributed by atoms with Crippen LogP contribution in [0.3, 0.4) is 0 Å². The second-order valence-corrected chi connectivity index (χ2v) is 8.65. The van der Waals surface area contributed by atoms with E-state index >= 15 is 0 Å². The number of methoxy groups -OCH3 is 1. The number of para-hydroxylation sites is 2. The van der Waals surface area contributed by atoms with Gasteiger partial charge in [-0.2, -0.15) is 0 Å². The van der Waals surface area contributed by atoms with Gasteiger partial charge in [-0.05, 0) is 42.0 Å². The van der Waals surface area contributed by atoms with E-state index in [1.807, 2.05) is 54.6 Å². The Balaban J connectivity index is 1.59. The highest BCUT2D eigenvalue weighted by atomic mass is 79.9. The summed E-state index contributed by atoms with van der Waals surface area (Å²) in [5.41, 5.74) is 1.90. The molecule has 33 heavy (non-hydrogen) atoms. The smallest absolute Gasteiger partial charge is 0.339 e. The normalized spacial score (nSPS) is 21.9. The number of carbonyl (C=O) groups excluding carboxylic acids is 3. The molecule has 0 spiro atoms. The van der Waals surface area contributed by atoms with Crippen molar-refractivity contribution in [3.05, 3.63) is 94.5 Å². The van der Waals surface area contributed by atoms with Gasteiger partial charge in [0.25, 0.3) is 5.91 Å². The van der Waals surface area contributed by atoms with Crippen LogP contribution in [0.2, 0.25) is 0 Å². The van der Waals surface area contributed by atoms with Gasteiger partial charge in [0.1, 0.15) is 5.92 Å². The molecule has 3 aromatic rings. The zero-order valence-corrected chi connectivity index (χ0v) is 19.1. The number of carbonyl (C=O) groups is 3. The Kier molecular flexibility index (Phi) is 5.47. The van der Waals surface area contributed by atoms with E-state index in [4.69, 9.17) is 9.57 Å². The van der Waals surface area contributed by atoms with Crippen LogP contribution >= 0.6 is 15.9 Å². The molecule has 5 rings (SSSR count). The second kappa shape index (κ2) is 8.46. The number of anilines is 2. The maximum atomic E-state index is 13.7. The molecule has 2 heterocycles. The molecule has 0 unspecified atom stereocenters. The maximum Gasteiger partial charge on any atom is 0.339 e. The average molecular weight is 507 g/mol. The quantitative estimate of drug-likeness (QED) is 0.388. The maximum absolute atomic E-state index is 13.7. The number of fused-ring (bicyclic) bond motifs is 1. The van der Waals surface area contributed by atoms with Crippen LogP contribution in [0.1, 0.15) is 22.0 Å². The van der Waals surface area contributed by atoms with Gasteiger partial charge in [0.05, 0.1) is 30.1 Å². The number of benzene rings is 3. The molecule has 3 atom stereocenters. The van der Waals surface area contributed by atoms with Crippen LogP contribution in [0.25, 0.3) is 0 Å². The van der Waals surface area contributed by atoms with Crippen molar-refractivity contribution in [2.45, 2.75) is 12.1 Å². The highest BCUT2D eigenvalue weighted by molar-refractivity contribution is 9.10. The SMILES string of the molecule is COC(=O)c1ccccc1N1C(=O)[C@@H]2[C@@H](ON(c3ccccc3)[C@H]2c2ccc(Br)cc2)C1=O. The molecule has 0 radical (unpaired) electrons. The number of rotatable bonds is 4. The third-order valence-corrected chi connectivity index (χ3v) is 6.42. The van der Waals surface area contributed by atoms with E-state index in [1.165, 1.54) is 13.2 Å². The summed E-state index contributed by atoms with van der Waals surface area (Å²) in [5.74, 6) is -2.35. The lowest BCUT2D eigenvalue weighted by molar-refractivity contribution is -0.126. The molecule has 2 aliphatic rings. The predicted molar refractivity (Wildman–Crippen MR) is 124 cm³/mol. The summed E-state index contributed by atoms with van der Waals surface area (Å²) in [7, 11) is 1.26. The highest BCUT2D eigenvalue weighted by Crippen LogP contribution is 2.48. The van der Waals surface area contributed by atoms with Crippen molar-refractivity contribution < 1.29 is 24.0 Å². The number of halogens is 1. The van der Waals surface area contributed by atoms with Crippen molar-refractivity contribution in [1.82, 2.24) is 0 Å². The Morgan fingerprint density at radius 3 is 2.27 bits per heavy atom. The molecule has 8 heteroatoms. The number of hydroxylamine groups is 1. The van der Waals surface area contributed by atoms with E-state index < -0.39 is 35.8 Å². The largest absolute Gasteiger partial charge is 0.465 e. The summed E-state index contributed by atoms with van der Waals surface area (Å²) < 4.78 is 5.74. The molecule has 2 aliphatic heterocycles. The van der Waals surface area contributed by atoms with Crippen LogP contribution in [0.15, 0.2) is 83.3 Å². The van der Waals surface area contributed by atoms with Crippen LogP contribution in [-0.2, 0) is 19.2 Å². The number of hydrogen-bond donors (Lipinski definition) is 0. The van der Waals surface area contributed by atoms with Crippen molar-refractivity contribution in [3.63, 3.8) is 0 Å². The molecule has 0 bridgehead atoms. The van der Waals surface area contributed by atoms with Crippen molar-refractivity contribution in [3.8, 4) is 0 Å². The van der Waals surface area contributed by atoms with Crippen molar-refractivity contribution in [2.24, 2.45) is 5.92 Å². The zero-order chi connectivity index (χ0) is 23.1. The van der Waals surface area contributed by atoms with Gasteiger partial charge >= 0.3 is 5.97 Å². The first-order valence-corrected chi connectivity index (χ1v) is 11.1. The monoisotopic (exact) mass is 506 g/mol. The van der Waals surface area contributed by atoms with Gasteiger partial charge in [0.15, 0.2) is 6.10 Å². The summed E-state index contributed by atoms with van der Waals surface area (Å²) in [6, 6.07) is 22.8. The lowest BCUT2D eigenvalue weighted by Crippen LogP contribution is -2.38. The first-order chi connectivity index (χ1) is 16.0. The lowest BCUT2D eigenvalue weighted by Gasteiger charge is -2.29. The zero-order valence-electron chi connectivity index (χ0n) is 17.6. The van der Waals surface area contributed by atoms with E-state index in [9.17, 15) is 14.4 Å². The lowest BCUT2D eigenvalue weighted by atomic mass is 9.90. The summed E-state index contributed by atoms with van der Waals surface area (Å²) in [5, 5.41) is 1.64. The number of esters is 1. The van der Waals surface area contributed by atoms with Crippen molar-refractivity contribution in [1.29, 1.82) is 0 Å². The summed E-state index contributed by atoms with van der Waals surface area (Å²) in [6.45, 7) is 0. The highest BCUT2D eigenvalue weighted by Gasteiger charge is 2.60. The van der Waals surface area contributed by atoms with Gasteiger partial charge in [-0.3, -0.25) is 14.4 Å². The predicted octanol–water partition coefficient (Wildman–Crippen LogP) is 4.29. The standard InChI is InChI=1S/C25H19BrN2O5/c1-32-25(31)18-9-5-6-10-19(18)27-23(29)20-21(15-11-13-16(26)14-12-15)28(33-22(20)24(27)30)17-7-3-2-4-8-17/h2-14,20-22H,1H3/t20-,21-,22+/m0/s1. The van der Waals surface area contributed by atoms with Gasteiger partial charge in [-0.25, -0.2) is 14.8 Å². The molecule has 2 amide bonds. The Hall–Kier alpha value is -3.49. The molecule has 0 aromatic heterocycles. The van der Waals surface area contributed by atoms with E-state index in [2.05, 4.69) is 15.9 Å². The van der Waals surface area contributed by atoms with Gasteiger partial charge in [-0.1, -0.05) is 58.4 Å². The van der Waals surface area contributed by atoms with Gasteiger partial charge in [-0.15, -0.1) is 0 Å². The minimum Gasteiger partial charge on any atom is -0.465 e. The number of amides is 2. The molecule has 2 saturated heterocycles. The second-order valence-electron chi connectivity index (χ2n) is 7.73. The summed E-state index contributed by atoms with van der Waals surface area (Å²) >= 11 is 3.44. The number of nitrogens with zero attached hydrogens (tertiary/aromatic N) is 2.